The molecule has 30 heavy (non-hydrogen) atoms. The summed E-state index contributed by atoms with van der Waals surface area (Å²) in [7, 11) is 1.71. The Morgan fingerprint density at radius 2 is 2.10 bits per heavy atom. The van der Waals surface area contributed by atoms with Crippen LogP contribution in [0.2, 0.25) is 0 Å². The zero-order chi connectivity index (χ0) is 21.3. The molecule has 2 atom stereocenters. The molecule has 9 heteroatoms. The van der Waals surface area contributed by atoms with Gasteiger partial charge in [-0.25, -0.2) is 14.3 Å². The number of aliphatic hydroxyl groups excluding tert-OH is 1. The summed E-state index contributed by atoms with van der Waals surface area (Å²) in [4.78, 5) is 18.7. The molecular formula is C21H25N7O2. The van der Waals surface area contributed by atoms with Crippen molar-refractivity contribution < 1.29 is 9.90 Å². The first-order chi connectivity index (χ1) is 14.4. The van der Waals surface area contributed by atoms with Crippen molar-refractivity contribution in [2.75, 3.05) is 11.9 Å². The number of anilines is 1. The van der Waals surface area contributed by atoms with Crippen LogP contribution in [-0.4, -0.2) is 48.6 Å². The maximum atomic E-state index is 12.9. The van der Waals surface area contributed by atoms with Crippen LogP contribution >= 0.6 is 0 Å². The second-order valence-electron chi connectivity index (χ2n) is 7.48. The predicted octanol–water partition coefficient (Wildman–Crippen LogP) is 1.57. The van der Waals surface area contributed by atoms with Crippen LogP contribution < -0.4 is 10.2 Å². The summed E-state index contributed by atoms with van der Waals surface area (Å²) in [5, 5.41) is 22.4. The third-order valence-electron chi connectivity index (χ3n) is 5.14. The number of fused-ring (bicyclic) bond motifs is 1. The lowest BCUT2D eigenvalue weighted by atomic mass is 10.2. The van der Waals surface area contributed by atoms with E-state index in [2.05, 4.69) is 27.1 Å². The minimum absolute atomic E-state index is 0.148. The van der Waals surface area contributed by atoms with Gasteiger partial charge in [-0.15, -0.1) is 0 Å². The molecule has 0 radical (unpaired) electrons. The van der Waals surface area contributed by atoms with E-state index in [4.69, 9.17) is 0 Å². The quantitative estimate of drug-likeness (QED) is 0.602. The first-order valence-corrected chi connectivity index (χ1v) is 9.81. The van der Waals surface area contributed by atoms with Crippen molar-refractivity contribution in [3.8, 4) is 0 Å². The Balaban J connectivity index is 1.43. The van der Waals surface area contributed by atoms with Gasteiger partial charge in [0.15, 0.2) is 12.1 Å². The summed E-state index contributed by atoms with van der Waals surface area (Å²) in [6, 6.07) is 11.1. The lowest BCUT2D eigenvalue weighted by molar-refractivity contribution is -0.121. The second kappa shape index (κ2) is 8.21. The fourth-order valence-corrected chi connectivity index (χ4v) is 3.47. The van der Waals surface area contributed by atoms with Crippen molar-refractivity contribution in [3.63, 3.8) is 0 Å². The van der Waals surface area contributed by atoms with Gasteiger partial charge in [0.05, 0.1) is 18.3 Å². The second-order valence-corrected chi connectivity index (χ2v) is 7.48. The van der Waals surface area contributed by atoms with Crippen molar-refractivity contribution in [1.29, 1.82) is 0 Å². The highest BCUT2D eigenvalue weighted by Gasteiger charge is 2.31. The van der Waals surface area contributed by atoms with Gasteiger partial charge in [-0.05, 0) is 24.5 Å². The molecule has 3 heterocycles. The van der Waals surface area contributed by atoms with Crippen LogP contribution in [0.4, 0.5) is 5.82 Å². The Kier molecular flexibility index (Phi) is 5.47. The van der Waals surface area contributed by atoms with Crippen LogP contribution in [0.1, 0.15) is 36.7 Å². The van der Waals surface area contributed by atoms with Crippen molar-refractivity contribution >= 4 is 17.3 Å². The standard InChI is InChI=1S/C21H25N7O2/c1-14(2)17-11-18-26(3)21(30)16(9-10-28(18)24-17)23-20(29)19-22-13-27(25-19)12-15-7-5-4-6-8-15/h4-8,11,13,16,20,23,29H,1,9-10,12H2,2-3H3. The van der Waals surface area contributed by atoms with Crippen LogP contribution in [0, 0.1) is 0 Å². The molecule has 3 aromatic rings. The van der Waals surface area contributed by atoms with E-state index >= 15 is 0 Å². The SMILES string of the molecule is C=C(C)c1cc2n(n1)CCC(NC(O)c1ncn(Cc3ccccc3)n1)C(=O)N2C. The number of aryl methyl sites for hydroxylation is 1. The molecule has 2 N–H and O–H groups in total. The highest BCUT2D eigenvalue weighted by molar-refractivity contribution is 5.96. The third kappa shape index (κ3) is 4.03. The monoisotopic (exact) mass is 407 g/mol. The first kappa shape index (κ1) is 20.0. The van der Waals surface area contributed by atoms with Gasteiger partial charge in [-0.3, -0.25) is 15.0 Å². The van der Waals surface area contributed by atoms with Gasteiger partial charge in [-0.2, -0.15) is 10.2 Å². The Hall–Kier alpha value is -3.30. The number of aliphatic hydroxyl groups is 1. The zero-order valence-corrected chi connectivity index (χ0v) is 17.1. The topological polar surface area (TPSA) is 101 Å². The Labute approximate surface area is 174 Å². The molecule has 0 aliphatic carbocycles. The maximum absolute atomic E-state index is 12.9. The lowest BCUT2D eigenvalue weighted by Gasteiger charge is -2.22. The van der Waals surface area contributed by atoms with E-state index in [0.717, 1.165) is 16.8 Å². The summed E-state index contributed by atoms with van der Waals surface area (Å²) < 4.78 is 3.45. The lowest BCUT2D eigenvalue weighted by Crippen LogP contribution is -2.45. The number of benzene rings is 1. The number of nitrogens with one attached hydrogen (secondary N) is 1. The summed E-state index contributed by atoms with van der Waals surface area (Å²) in [6.45, 7) is 6.89. The van der Waals surface area contributed by atoms with E-state index in [1.165, 1.54) is 0 Å². The minimum Gasteiger partial charge on any atom is -0.371 e. The Morgan fingerprint density at radius 1 is 1.33 bits per heavy atom. The molecule has 0 bridgehead atoms. The molecule has 1 aliphatic rings. The number of amides is 1. The number of carbonyl (C=O) groups is 1. The summed E-state index contributed by atoms with van der Waals surface area (Å²) in [5.74, 6) is 0.791. The molecule has 1 aromatic carbocycles. The summed E-state index contributed by atoms with van der Waals surface area (Å²) in [5.41, 5.74) is 2.70. The first-order valence-electron chi connectivity index (χ1n) is 9.81. The predicted molar refractivity (Wildman–Crippen MR) is 112 cm³/mol. The highest BCUT2D eigenvalue weighted by Crippen LogP contribution is 2.24. The number of nitrogens with zero attached hydrogens (tertiary/aromatic N) is 6. The molecule has 0 spiro atoms. The molecule has 9 nitrogen and oxygen atoms in total. The van der Waals surface area contributed by atoms with E-state index in [-0.39, 0.29) is 11.7 Å². The van der Waals surface area contributed by atoms with E-state index in [0.29, 0.717) is 25.3 Å². The van der Waals surface area contributed by atoms with Gasteiger partial charge in [0.1, 0.15) is 12.1 Å². The van der Waals surface area contributed by atoms with Gasteiger partial charge in [0.2, 0.25) is 5.91 Å². The summed E-state index contributed by atoms with van der Waals surface area (Å²) >= 11 is 0. The number of hydrogen-bond acceptors (Lipinski definition) is 6. The highest BCUT2D eigenvalue weighted by atomic mass is 16.3. The van der Waals surface area contributed by atoms with Crippen LogP contribution in [0.5, 0.6) is 0 Å². The molecule has 4 rings (SSSR count). The van der Waals surface area contributed by atoms with E-state index in [9.17, 15) is 9.90 Å². The van der Waals surface area contributed by atoms with Gasteiger partial charge in [0.25, 0.3) is 0 Å². The van der Waals surface area contributed by atoms with Gasteiger partial charge in [-0.1, -0.05) is 36.9 Å². The number of hydrogen-bond donors (Lipinski definition) is 2. The average Bonchev–Trinajstić information content (AvgIpc) is 3.36. The van der Waals surface area contributed by atoms with Crippen LogP contribution in [0.15, 0.2) is 49.3 Å². The number of allylic oxidation sites excluding steroid dienone is 1. The zero-order valence-electron chi connectivity index (χ0n) is 17.1. The smallest absolute Gasteiger partial charge is 0.245 e. The minimum atomic E-state index is -1.15. The molecule has 2 unspecified atom stereocenters. The molecule has 1 aliphatic heterocycles. The molecule has 0 saturated heterocycles. The molecule has 2 aromatic heterocycles. The van der Waals surface area contributed by atoms with Crippen molar-refractivity contribution in [2.24, 2.45) is 0 Å². The fourth-order valence-electron chi connectivity index (χ4n) is 3.47. The van der Waals surface area contributed by atoms with Crippen molar-refractivity contribution in [1.82, 2.24) is 29.9 Å². The van der Waals surface area contributed by atoms with Crippen LogP contribution in [-0.2, 0) is 17.9 Å². The number of carbonyl (C=O) groups excluding carboxylic acids is 1. The fraction of sp³-hybridized carbons (Fsp3) is 0.333. The van der Waals surface area contributed by atoms with E-state index in [1.54, 1.807) is 27.6 Å². The molecule has 156 valence electrons. The molecule has 1 amide bonds. The number of likely N-dealkylation sites (N-methyl/N-ethyl adjacent to an activating group) is 1. The van der Waals surface area contributed by atoms with Crippen LogP contribution in [0.25, 0.3) is 5.57 Å². The summed E-state index contributed by atoms with van der Waals surface area (Å²) in [6.07, 6.45) is 0.902. The molecule has 0 saturated carbocycles. The van der Waals surface area contributed by atoms with Crippen molar-refractivity contribution in [2.45, 2.75) is 38.7 Å². The number of aromatic nitrogens is 5. The van der Waals surface area contributed by atoms with E-state index in [1.807, 2.05) is 43.3 Å². The average molecular weight is 407 g/mol. The number of rotatable bonds is 6. The van der Waals surface area contributed by atoms with Crippen LogP contribution in [0.3, 0.4) is 0 Å². The molecular weight excluding hydrogens is 382 g/mol. The molecule has 0 fully saturated rings. The van der Waals surface area contributed by atoms with Gasteiger partial charge in [0, 0.05) is 19.7 Å². The third-order valence-corrected chi connectivity index (χ3v) is 5.14. The Morgan fingerprint density at radius 3 is 2.83 bits per heavy atom. The van der Waals surface area contributed by atoms with Crippen molar-refractivity contribution in [3.05, 3.63) is 66.4 Å². The van der Waals surface area contributed by atoms with E-state index < -0.39 is 12.3 Å². The Bertz CT molecular complexity index is 1060. The van der Waals surface area contributed by atoms with Gasteiger partial charge >= 0.3 is 0 Å². The normalized spacial score (nSPS) is 17.5. The largest absolute Gasteiger partial charge is 0.371 e. The van der Waals surface area contributed by atoms with Gasteiger partial charge < -0.3 is 5.11 Å². The maximum Gasteiger partial charge on any atom is 0.245 e.